The van der Waals surface area contributed by atoms with Gasteiger partial charge < -0.3 is 14.9 Å². The van der Waals surface area contributed by atoms with Crippen molar-refractivity contribution >= 4 is 5.91 Å². The topological polar surface area (TPSA) is 43.8 Å². The molecule has 2 aromatic carbocycles. The largest absolute Gasteiger partial charge is 0.508 e. The van der Waals surface area contributed by atoms with Crippen molar-refractivity contribution < 1.29 is 9.90 Å². The molecule has 2 saturated carbocycles. The molecule has 2 unspecified atom stereocenters. The van der Waals surface area contributed by atoms with Gasteiger partial charge in [0.1, 0.15) is 5.75 Å². The van der Waals surface area contributed by atoms with Gasteiger partial charge in [0, 0.05) is 37.2 Å². The highest BCUT2D eigenvalue weighted by molar-refractivity contribution is 5.94. The third-order valence-electron chi connectivity index (χ3n) is 8.11. The van der Waals surface area contributed by atoms with Gasteiger partial charge in [-0.1, -0.05) is 30.3 Å². The quantitative estimate of drug-likeness (QED) is 0.766. The second kappa shape index (κ2) is 8.31. The molecule has 3 fully saturated rings. The van der Waals surface area contributed by atoms with E-state index in [-0.39, 0.29) is 17.4 Å². The van der Waals surface area contributed by atoms with Gasteiger partial charge in [-0.3, -0.25) is 4.79 Å². The van der Waals surface area contributed by atoms with Gasteiger partial charge in [-0.05, 0) is 86.7 Å². The fourth-order valence-corrected chi connectivity index (χ4v) is 6.12. The molecule has 1 N–H and O–H groups in total. The Hall–Kier alpha value is -2.33. The number of carbonyl (C=O) groups is 1. The first kappa shape index (κ1) is 20.6. The van der Waals surface area contributed by atoms with Gasteiger partial charge in [-0.25, -0.2) is 0 Å². The number of piperidine rings is 1. The molecule has 1 saturated heterocycles. The van der Waals surface area contributed by atoms with Crippen LogP contribution in [-0.2, 0) is 5.41 Å². The smallest absolute Gasteiger partial charge is 0.253 e. The molecule has 4 heteroatoms. The minimum atomic E-state index is 0.0347. The van der Waals surface area contributed by atoms with E-state index in [4.69, 9.17) is 0 Å². The Morgan fingerprint density at radius 3 is 2.65 bits per heavy atom. The Morgan fingerprint density at radius 2 is 1.90 bits per heavy atom. The zero-order valence-corrected chi connectivity index (χ0v) is 18.5. The summed E-state index contributed by atoms with van der Waals surface area (Å²) in [7, 11) is 1.97. The molecular formula is C27H34N2O2. The maximum atomic E-state index is 13.2. The number of rotatable bonds is 5. The number of phenols is 1. The van der Waals surface area contributed by atoms with Crippen LogP contribution in [0.4, 0.5) is 0 Å². The van der Waals surface area contributed by atoms with Gasteiger partial charge in [0.2, 0.25) is 0 Å². The first-order chi connectivity index (χ1) is 15.0. The monoisotopic (exact) mass is 418 g/mol. The summed E-state index contributed by atoms with van der Waals surface area (Å²) in [4.78, 5) is 17.8. The SMILES string of the molecule is CN(C(=O)c1ccccc1)[C@H]1CCC2CN(CC3CC3)CCC2(c2cccc(O)c2)C1. The van der Waals surface area contributed by atoms with Crippen molar-refractivity contribution in [3.63, 3.8) is 0 Å². The van der Waals surface area contributed by atoms with Crippen LogP contribution in [0.3, 0.4) is 0 Å². The van der Waals surface area contributed by atoms with E-state index >= 15 is 0 Å². The van der Waals surface area contributed by atoms with E-state index in [0.717, 1.165) is 50.3 Å². The number of nitrogens with zero attached hydrogens (tertiary/aromatic N) is 2. The number of hydrogen-bond acceptors (Lipinski definition) is 3. The summed E-state index contributed by atoms with van der Waals surface area (Å²) in [5.41, 5.74) is 2.05. The van der Waals surface area contributed by atoms with Crippen molar-refractivity contribution in [2.75, 3.05) is 26.7 Å². The number of likely N-dealkylation sites (tertiary alicyclic amines) is 1. The number of phenolic OH excluding ortho intramolecular Hbond substituents is 1. The lowest BCUT2D eigenvalue weighted by Gasteiger charge is -2.54. The molecule has 2 aliphatic carbocycles. The number of benzene rings is 2. The zero-order valence-electron chi connectivity index (χ0n) is 18.5. The minimum Gasteiger partial charge on any atom is -0.508 e. The molecule has 1 heterocycles. The number of amides is 1. The molecule has 4 nitrogen and oxygen atoms in total. The standard InChI is InChI=1S/C27H34N2O2/c1-28(26(31)21-6-3-2-4-7-21)24-13-12-23-19-29(18-20-10-11-20)15-14-27(23,17-24)22-8-5-9-25(30)16-22/h2-9,16,20,23-24,30H,10-15,17-19H2,1H3/t23?,24-,27?/m0/s1. The van der Waals surface area contributed by atoms with Crippen molar-refractivity contribution in [2.45, 2.75) is 50.0 Å². The molecule has 3 aliphatic rings. The highest BCUT2D eigenvalue weighted by atomic mass is 16.3. The zero-order chi connectivity index (χ0) is 21.4. The first-order valence-electron chi connectivity index (χ1n) is 11.9. The molecule has 2 aromatic rings. The predicted molar refractivity (Wildman–Crippen MR) is 123 cm³/mol. The summed E-state index contributed by atoms with van der Waals surface area (Å²) in [5, 5.41) is 10.2. The molecule has 3 atom stereocenters. The highest BCUT2D eigenvalue weighted by Crippen LogP contribution is 2.51. The van der Waals surface area contributed by atoms with E-state index in [9.17, 15) is 9.90 Å². The molecule has 0 radical (unpaired) electrons. The molecule has 1 amide bonds. The van der Waals surface area contributed by atoms with Crippen LogP contribution < -0.4 is 0 Å². The van der Waals surface area contributed by atoms with Gasteiger partial charge in [-0.2, -0.15) is 0 Å². The van der Waals surface area contributed by atoms with Crippen LogP contribution in [0.2, 0.25) is 0 Å². The predicted octanol–water partition coefficient (Wildman–Crippen LogP) is 4.69. The summed E-state index contributed by atoms with van der Waals surface area (Å²) in [6, 6.07) is 17.8. The van der Waals surface area contributed by atoms with Crippen LogP contribution in [0.25, 0.3) is 0 Å². The molecule has 0 bridgehead atoms. The van der Waals surface area contributed by atoms with Crippen molar-refractivity contribution in [3.05, 3.63) is 65.7 Å². The highest BCUT2D eigenvalue weighted by Gasteiger charge is 2.49. The van der Waals surface area contributed by atoms with Crippen LogP contribution >= 0.6 is 0 Å². The number of fused-ring (bicyclic) bond motifs is 1. The molecule has 1 aliphatic heterocycles. The fourth-order valence-electron chi connectivity index (χ4n) is 6.12. The van der Waals surface area contributed by atoms with Gasteiger partial charge in [-0.15, -0.1) is 0 Å². The van der Waals surface area contributed by atoms with E-state index < -0.39 is 0 Å². The summed E-state index contributed by atoms with van der Waals surface area (Å²) >= 11 is 0. The number of aromatic hydroxyl groups is 1. The molecule has 164 valence electrons. The molecule has 5 rings (SSSR count). The van der Waals surface area contributed by atoms with E-state index in [1.807, 2.05) is 54.4 Å². The van der Waals surface area contributed by atoms with E-state index in [1.54, 1.807) is 6.07 Å². The first-order valence-corrected chi connectivity index (χ1v) is 11.9. The Morgan fingerprint density at radius 1 is 1.10 bits per heavy atom. The maximum Gasteiger partial charge on any atom is 0.253 e. The maximum absolute atomic E-state index is 13.2. The second-order valence-corrected chi connectivity index (χ2v) is 10.1. The van der Waals surface area contributed by atoms with Crippen molar-refractivity contribution in [1.82, 2.24) is 9.80 Å². The Bertz CT molecular complexity index is 926. The average Bonchev–Trinajstić information content (AvgIpc) is 3.62. The third kappa shape index (κ3) is 4.10. The van der Waals surface area contributed by atoms with Crippen LogP contribution in [0.1, 0.15) is 54.4 Å². The van der Waals surface area contributed by atoms with Gasteiger partial charge in [0.25, 0.3) is 5.91 Å². The average molecular weight is 419 g/mol. The van der Waals surface area contributed by atoms with E-state index in [0.29, 0.717) is 11.7 Å². The summed E-state index contributed by atoms with van der Waals surface area (Å²) in [5.74, 6) is 1.96. The van der Waals surface area contributed by atoms with Crippen molar-refractivity contribution in [1.29, 1.82) is 0 Å². The van der Waals surface area contributed by atoms with Crippen LogP contribution in [-0.4, -0.2) is 53.5 Å². The Labute approximate surface area is 185 Å². The van der Waals surface area contributed by atoms with Gasteiger partial charge in [0.05, 0.1) is 0 Å². The lowest BCUT2D eigenvalue weighted by atomic mass is 9.57. The van der Waals surface area contributed by atoms with Gasteiger partial charge >= 0.3 is 0 Å². The van der Waals surface area contributed by atoms with Crippen molar-refractivity contribution in [2.24, 2.45) is 11.8 Å². The van der Waals surface area contributed by atoms with E-state index in [2.05, 4.69) is 11.0 Å². The summed E-state index contributed by atoms with van der Waals surface area (Å²) in [6.45, 7) is 3.52. The molecular weight excluding hydrogens is 384 g/mol. The van der Waals surface area contributed by atoms with Gasteiger partial charge in [0.15, 0.2) is 0 Å². The van der Waals surface area contributed by atoms with Crippen LogP contribution in [0, 0.1) is 11.8 Å². The van der Waals surface area contributed by atoms with Crippen molar-refractivity contribution in [3.8, 4) is 5.75 Å². The number of hydrogen-bond donors (Lipinski definition) is 1. The second-order valence-electron chi connectivity index (χ2n) is 10.1. The minimum absolute atomic E-state index is 0.0347. The van der Waals surface area contributed by atoms with E-state index in [1.165, 1.54) is 24.9 Å². The molecule has 31 heavy (non-hydrogen) atoms. The molecule has 0 aromatic heterocycles. The lowest BCUT2D eigenvalue weighted by Crippen LogP contribution is -2.56. The number of carbonyl (C=O) groups excluding carboxylic acids is 1. The Kier molecular flexibility index (Phi) is 5.51. The summed E-state index contributed by atoms with van der Waals surface area (Å²) in [6.07, 6.45) is 7.07. The van der Waals surface area contributed by atoms with Crippen LogP contribution in [0.5, 0.6) is 5.75 Å². The third-order valence-corrected chi connectivity index (χ3v) is 8.11. The normalized spacial score (nSPS) is 28.7. The summed E-state index contributed by atoms with van der Waals surface area (Å²) < 4.78 is 0. The Balaban J connectivity index is 1.41. The van der Waals surface area contributed by atoms with Crippen LogP contribution in [0.15, 0.2) is 54.6 Å². The molecule has 0 spiro atoms. The fraction of sp³-hybridized carbons (Fsp3) is 0.519. The lowest BCUT2D eigenvalue weighted by molar-refractivity contribution is 0.0175.